The fourth-order valence-electron chi connectivity index (χ4n) is 5.26. The van der Waals surface area contributed by atoms with Gasteiger partial charge in [0.15, 0.2) is 17.3 Å². The number of ketones is 1. The molecule has 3 aromatic rings. The van der Waals surface area contributed by atoms with Crippen molar-refractivity contribution < 1.29 is 23.5 Å². The van der Waals surface area contributed by atoms with E-state index in [9.17, 15) is 14.0 Å². The summed E-state index contributed by atoms with van der Waals surface area (Å²) in [7, 11) is 0. The maximum Gasteiger partial charge on any atom is 0.254 e. The first-order valence-electron chi connectivity index (χ1n) is 11.7. The topological polar surface area (TPSA) is 76.7 Å². The second-order valence-corrected chi connectivity index (χ2v) is 10.1. The third-order valence-electron chi connectivity index (χ3n) is 6.83. The Balaban J connectivity index is 1.43. The van der Waals surface area contributed by atoms with Crippen molar-refractivity contribution in [1.29, 1.82) is 0 Å². The summed E-state index contributed by atoms with van der Waals surface area (Å²) in [6.07, 6.45) is 1.05. The number of benzene rings is 2. The highest BCUT2D eigenvalue weighted by molar-refractivity contribution is 7.10. The first-order chi connectivity index (χ1) is 17.5. The van der Waals surface area contributed by atoms with E-state index in [0.29, 0.717) is 46.9 Å². The van der Waals surface area contributed by atoms with Crippen molar-refractivity contribution in [2.45, 2.75) is 31.6 Å². The van der Waals surface area contributed by atoms with Crippen molar-refractivity contribution in [3.63, 3.8) is 0 Å². The summed E-state index contributed by atoms with van der Waals surface area (Å²) in [4.78, 5) is 28.5. The van der Waals surface area contributed by atoms with Gasteiger partial charge >= 0.3 is 0 Å². The Morgan fingerprint density at radius 2 is 1.94 bits per heavy atom. The second-order valence-electron chi connectivity index (χ2n) is 9.11. The van der Waals surface area contributed by atoms with Gasteiger partial charge in [0.2, 0.25) is 6.79 Å². The van der Waals surface area contributed by atoms with Gasteiger partial charge in [0.25, 0.3) is 5.91 Å². The van der Waals surface area contributed by atoms with Gasteiger partial charge in [-0.05, 0) is 60.7 Å². The van der Waals surface area contributed by atoms with E-state index in [-0.39, 0.29) is 18.5 Å². The van der Waals surface area contributed by atoms with Crippen molar-refractivity contribution in [2.24, 2.45) is 0 Å². The normalized spacial score (nSPS) is 20.8. The first kappa shape index (κ1) is 22.5. The highest BCUT2D eigenvalue weighted by Gasteiger charge is 2.41. The summed E-state index contributed by atoms with van der Waals surface area (Å²) >= 11 is 1.65. The number of hydrogen-bond donors (Lipinski definition) is 2. The fraction of sp³-hybridized carbons (Fsp3) is 0.214. The predicted molar refractivity (Wildman–Crippen MR) is 134 cm³/mol. The van der Waals surface area contributed by atoms with E-state index in [1.54, 1.807) is 23.5 Å². The zero-order chi connectivity index (χ0) is 24.8. The van der Waals surface area contributed by atoms with Crippen LogP contribution in [-0.4, -0.2) is 18.5 Å². The van der Waals surface area contributed by atoms with E-state index in [1.165, 1.54) is 23.1 Å². The van der Waals surface area contributed by atoms with Crippen LogP contribution in [0.2, 0.25) is 0 Å². The van der Waals surface area contributed by atoms with Gasteiger partial charge < -0.3 is 20.1 Å². The molecule has 1 aromatic heterocycles. The molecule has 0 saturated carbocycles. The van der Waals surface area contributed by atoms with Gasteiger partial charge in [-0.1, -0.05) is 18.2 Å². The van der Waals surface area contributed by atoms with E-state index in [2.05, 4.69) is 16.7 Å². The fourth-order valence-corrected chi connectivity index (χ4v) is 6.09. The number of fused-ring (bicyclic) bond motifs is 1. The Morgan fingerprint density at radius 3 is 2.75 bits per heavy atom. The summed E-state index contributed by atoms with van der Waals surface area (Å²) < 4.78 is 24.8. The molecule has 2 atom stereocenters. The molecule has 0 fully saturated rings. The number of hydrogen-bond acceptors (Lipinski definition) is 6. The maximum absolute atomic E-state index is 13.8. The van der Waals surface area contributed by atoms with Crippen LogP contribution >= 0.6 is 11.3 Å². The molecule has 182 valence electrons. The molecule has 1 aliphatic carbocycles. The number of ether oxygens (including phenoxy) is 2. The summed E-state index contributed by atoms with van der Waals surface area (Å²) in [6.45, 7) is 1.96. The van der Waals surface area contributed by atoms with Crippen LogP contribution in [0.1, 0.15) is 42.0 Å². The molecule has 0 saturated heterocycles. The van der Waals surface area contributed by atoms with E-state index in [0.717, 1.165) is 11.3 Å². The quantitative estimate of drug-likeness (QED) is 0.485. The minimum absolute atomic E-state index is 0.00775. The zero-order valence-electron chi connectivity index (χ0n) is 19.5. The third-order valence-corrected chi connectivity index (χ3v) is 7.87. The molecule has 0 radical (unpaired) electrons. The lowest BCUT2D eigenvalue weighted by molar-refractivity contribution is -0.116. The molecule has 0 spiro atoms. The molecule has 6 nitrogen and oxygen atoms in total. The molecule has 3 aliphatic rings. The van der Waals surface area contributed by atoms with Crippen LogP contribution in [0.4, 0.5) is 10.1 Å². The molecule has 8 heteroatoms. The highest BCUT2D eigenvalue weighted by atomic mass is 32.1. The molecular formula is C28H23FN2O4S. The molecular weight excluding hydrogens is 479 g/mol. The van der Waals surface area contributed by atoms with Crippen LogP contribution in [0.3, 0.4) is 0 Å². The minimum Gasteiger partial charge on any atom is -0.454 e. The molecule has 0 unspecified atom stereocenters. The van der Waals surface area contributed by atoms with Gasteiger partial charge in [-0.3, -0.25) is 9.59 Å². The number of Topliss-reactive ketones (excluding diaryl/α,β-unsaturated/α-hetero) is 1. The highest BCUT2D eigenvalue weighted by Crippen LogP contribution is 2.47. The van der Waals surface area contributed by atoms with Crippen molar-refractivity contribution in [2.75, 3.05) is 12.1 Å². The standard InChI is InChI=1S/C28H23FN2O4S/c1-15-25(28(33)31-19-5-2-4-18(29)13-19)26(16-7-8-22-23(12-16)35-14-34-22)27-20(30-15)10-17(11-21(27)32)24-6-3-9-36-24/h2-9,12-13,17,26,30H,10-11,14H2,1H3,(H,31,33)/t17-,26-/m1/s1. The largest absolute Gasteiger partial charge is 0.454 e. The number of carbonyl (C=O) groups is 2. The van der Waals surface area contributed by atoms with Crippen LogP contribution in [0, 0.1) is 5.82 Å². The number of rotatable bonds is 4. The Morgan fingerprint density at radius 1 is 1.08 bits per heavy atom. The number of anilines is 1. The van der Waals surface area contributed by atoms with Crippen LogP contribution in [0.25, 0.3) is 0 Å². The molecule has 2 N–H and O–H groups in total. The molecule has 3 heterocycles. The van der Waals surface area contributed by atoms with E-state index < -0.39 is 17.6 Å². The number of thiophene rings is 1. The average Bonchev–Trinajstić information content (AvgIpc) is 3.55. The summed E-state index contributed by atoms with van der Waals surface area (Å²) in [5, 5.41) is 8.21. The average molecular weight is 503 g/mol. The van der Waals surface area contributed by atoms with Crippen LogP contribution in [0.5, 0.6) is 11.5 Å². The van der Waals surface area contributed by atoms with Crippen molar-refractivity contribution in [3.8, 4) is 11.5 Å². The Kier molecular flexibility index (Phi) is 5.60. The van der Waals surface area contributed by atoms with Gasteiger partial charge in [0.1, 0.15) is 5.82 Å². The third kappa shape index (κ3) is 3.97. The number of dihydropyridines is 1. The lowest BCUT2D eigenvalue weighted by Gasteiger charge is -2.36. The molecule has 0 bridgehead atoms. The zero-order valence-corrected chi connectivity index (χ0v) is 20.3. The van der Waals surface area contributed by atoms with Gasteiger partial charge in [0, 0.05) is 51.4 Å². The smallest absolute Gasteiger partial charge is 0.254 e. The predicted octanol–water partition coefficient (Wildman–Crippen LogP) is 5.62. The molecule has 1 amide bonds. The van der Waals surface area contributed by atoms with Crippen molar-refractivity contribution in [1.82, 2.24) is 5.32 Å². The molecule has 36 heavy (non-hydrogen) atoms. The molecule has 2 aliphatic heterocycles. The van der Waals surface area contributed by atoms with Gasteiger partial charge in [0.05, 0.1) is 0 Å². The van der Waals surface area contributed by atoms with Gasteiger partial charge in [-0.2, -0.15) is 0 Å². The Labute approximate surface area is 211 Å². The van der Waals surface area contributed by atoms with Crippen molar-refractivity contribution >= 4 is 28.7 Å². The van der Waals surface area contributed by atoms with E-state index >= 15 is 0 Å². The second kappa shape index (κ2) is 8.95. The number of nitrogens with one attached hydrogen (secondary N) is 2. The lowest BCUT2D eigenvalue weighted by atomic mass is 9.72. The number of allylic oxidation sites excluding steroid dienone is 3. The van der Waals surface area contributed by atoms with Gasteiger partial charge in [-0.25, -0.2) is 4.39 Å². The number of halogens is 1. The summed E-state index contributed by atoms with van der Waals surface area (Å²) in [6, 6.07) is 15.3. The molecule has 6 rings (SSSR count). The van der Waals surface area contributed by atoms with E-state index in [4.69, 9.17) is 9.47 Å². The lowest BCUT2D eigenvalue weighted by Crippen LogP contribution is -2.37. The van der Waals surface area contributed by atoms with Crippen LogP contribution < -0.4 is 20.1 Å². The monoisotopic (exact) mass is 502 g/mol. The summed E-state index contributed by atoms with van der Waals surface area (Å²) in [5.74, 6) is -0.129. The maximum atomic E-state index is 13.8. The SMILES string of the molecule is CC1=C(C(=O)Nc2cccc(F)c2)[C@@H](c2ccc3c(c2)OCO3)C2=C(C[C@@H](c3cccs3)CC2=O)N1. The Hall–Kier alpha value is -3.91. The number of amides is 1. The molecule has 2 aromatic carbocycles. The Bertz CT molecular complexity index is 1440. The first-order valence-corrected chi connectivity index (χ1v) is 12.6. The number of carbonyl (C=O) groups excluding carboxylic acids is 2. The van der Waals surface area contributed by atoms with Crippen LogP contribution in [0.15, 0.2) is 82.5 Å². The minimum atomic E-state index is -0.596. The summed E-state index contributed by atoms with van der Waals surface area (Å²) in [5.41, 5.74) is 3.62. The van der Waals surface area contributed by atoms with Gasteiger partial charge in [-0.15, -0.1) is 11.3 Å². The van der Waals surface area contributed by atoms with Crippen LogP contribution in [-0.2, 0) is 9.59 Å². The van der Waals surface area contributed by atoms with Crippen molar-refractivity contribution in [3.05, 3.63) is 98.8 Å². The van der Waals surface area contributed by atoms with E-state index in [1.807, 2.05) is 30.5 Å².